The molecular weight excluding hydrogens is 1250 g/mol. The topological polar surface area (TPSA) is 186 Å². The Morgan fingerprint density at radius 1 is 0.300 bits per heavy atom. The van der Waals surface area contributed by atoms with Crippen LogP contribution >= 0.6 is 0 Å². The number of hydrogen-bond donors (Lipinski definition) is 4. The van der Waals surface area contributed by atoms with Gasteiger partial charge in [0.25, 0.3) is 0 Å². The SMILES string of the molecule is CCCCOc1c2cc(C34CC5CC(CC(C(=O)O)(C5)C3)C4)cc1Cc1cc(C34CC5CC(CC(C(=O)O)(C5)C3)C4)cc(c1OCCCC)Cc1cc(C34CC5CC(CC(C(=O)O)(C5)C3)C4)cc(c1OCCCC)Cc1cc(C34CC5CC(CC(C(=O)O)(C5)C3)C4)cc(c1OCCCC)C2. The summed E-state index contributed by atoms with van der Waals surface area (Å²) >= 11 is 0. The number of benzene rings is 4. The Morgan fingerprint density at radius 3 is 0.620 bits per heavy atom. The highest BCUT2D eigenvalue weighted by Crippen LogP contribution is 2.71. The Bertz CT molecular complexity index is 3290. The van der Waals surface area contributed by atoms with E-state index in [9.17, 15) is 39.6 Å². The van der Waals surface area contributed by atoms with Gasteiger partial charge >= 0.3 is 23.9 Å². The van der Waals surface area contributed by atoms with Crippen molar-refractivity contribution in [3.05, 3.63) is 115 Å². The van der Waals surface area contributed by atoms with Gasteiger partial charge in [-0.1, -0.05) is 102 Å². The van der Waals surface area contributed by atoms with Gasteiger partial charge in [0.05, 0.1) is 48.1 Å². The van der Waals surface area contributed by atoms with Gasteiger partial charge in [-0.15, -0.1) is 0 Å². The number of ether oxygens (including phenoxy) is 4. The van der Waals surface area contributed by atoms with Crippen molar-refractivity contribution in [2.45, 2.75) is 281 Å². The molecule has 8 unspecified atom stereocenters. The highest BCUT2D eigenvalue weighted by molar-refractivity contribution is 5.78. The molecule has 4 N–H and O–H groups in total. The average Bonchev–Trinajstić information content (AvgIpc) is 0.726. The monoisotopic (exact) mass is 1360 g/mol. The Morgan fingerprint density at radius 2 is 0.470 bits per heavy atom. The van der Waals surface area contributed by atoms with Crippen molar-refractivity contribution in [1.82, 2.24) is 0 Å². The van der Waals surface area contributed by atoms with Gasteiger partial charge in [-0.25, -0.2) is 0 Å². The highest BCUT2D eigenvalue weighted by Gasteiger charge is 2.66. The van der Waals surface area contributed by atoms with Crippen LogP contribution in [0, 0.1) is 69.0 Å². The smallest absolute Gasteiger partial charge is 0.309 e. The molecule has 0 radical (unpaired) electrons. The Balaban J connectivity index is 0.956. The second-order valence-corrected chi connectivity index (χ2v) is 37.3. The molecular formula is C88H112O12. The molecule has 21 rings (SSSR count). The quantitative estimate of drug-likeness (QED) is 0.0429. The van der Waals surface area contributed by atoms with Crippen LogP contribution in [-0.2, 0) is 66.5 Å². The molecule has 12 nitrogen and oxygen atoms in total. The lowest BCUT2D eigenvalue weighted by molar-refractivity contribution is -0.167. The van der Waals surface area contributed by atoms with Crippen molar-refractivity contribution in [3.8, 4) is 23.0 Å². The minimum absolute atomic E-state index is 0.323. The molecule has 24 bridgehead atoms. The number of rotatable bonds is 24. The normalized spacial score (nSPS) is 37.0. The third-order valence-electron chi connectivity index (χ3n) is 30.0. The third kappa shape index (κ3) is 11.1. The molecule has 17 aliphatic carbocycles. The van der Waals surface area contributed by atoms with E-state index < -0.39 is 45.5 Å². The minimum Gasteiger partial charge on any atom is -0.493 e. The number of aliphatic carboxylic acids is 4. The standard InChI is InChI=1S/C88H112O12/c1-5-9-13-97-73-61-21-63-27-70(82-35-55-18-56(36-82)44-86(43-55,50-82)78(91)92)29-65(74(63)98-14-10-6-2)23-67-31-72(84-39-59-20-60(40-84)48-88(47-59,52-84)80(95)96)32-68(76(67)100-16-12-8-4)24-66-30-71(83-37-57-19-58(38-83)46-87(45-57,51-83)79(93)94)28-64(75(66)99-15-11-7-3)22-62(73)26-69(25-61)81-33-53-17-54(34-81)42-85(41-53,49-81)77(89)90/h25-32,53-60H,5-24,33-52H2,1-4H3,(H,89,90)(H,91,92)(H,93,94)(H,95,96). The lowest BCUT2D eigenvalue weighted by Gasteiger charge is -2.61. The van der Waals surface area contributed by atoms with Crippen molar-refractivity contribution in [3.63, 3.8) is 0 Å². The maximum atomic E-state index is 13.9. The van der Waals surface area contributed by atoms with E-state index in [1.165, 1.54) is 22.3 Å². The summed E-state index contributed by atoms with van der Waals surface area (Å²) < 4.78 is 30.1. The van der Waals surface area contributed by atoms with Gasteiger partial charge in [0.1, 0.15) is 23.0 Å². The summed E-state index contributed by atoms with van der Waals surface area (Å²) in [5.41, 5.74) is 8.90. The molecule has 4 aromatic rings. The van der Waals surface area contributed by atoms with E-state index in [1.54, 1.807) is 0 Å². The molecule has 12 heteroatoms. The van der Waals surface area contributed by atoms with Crippen LogP contribution in [0.4, 0.5) is 0 Å². The third-order valence-corrected chi connectivity index (χ3v) is 30.0. The zero-order valence-electron chi connectivity index (χ0n) is 60.6. The molecule has 16 saturated carbocycles. The predicted octanol–water partition coefficient (Wildman–Crippen LogP) is 18.8. The fourth-order valence-electron chi connectivity index (χ4n) is 27.5. The van der Waals surface area contributed by atoms with E-state index in [2.05, 4.69) is 76.2 Å². The van der Waals surface area contributed by atoms with E-state index in [-0.39, 0.29) is 21.7 Å². The molecule has 0 amide bonds. The summed E-state index contributed by atoms with van der Waals surface area (Å²) in [6.45, 7) is 10.9. The summed E-state index contributed by atoms with van der Waals surface area (Å²) in [4.78, 5) is 55.7. The Hall–Kier alpha value is -6.04. The molecule has 0 aliphatic heterocycles. The molecule has 0 heterocycles. The summed E-state index contributed by atoms with van der Waals surface area (Å²) in [5.74, 6) is 3.48. The van der Waals surface area contributed by atoms with Crippen LogP contribution in [0.2, 0.25) is 0 Å². The second-order valence-electron chi connectivity index (χ2n) is 37.3. The molecule has 0 saturated heterocycles. The van der Waals surface area contributed by atoms with Gasteiger partial charge in [0.15, 0.2) is 0 Å². The van der Waals surface area contributed by atoms with E-state index in [0.717, 1.165) is 247 Å². The molecule has 536 valence electrons. The van der Waals surface area contributed by atoms with Gasteiger partial charge in [-0.2, -0.15) is 0 Å². The lowest BCUT2D eigenvalue weighted by Crippen LogP contribution is -2.56. The Labute approximate surface area is 593 Å². The number of carboxylic acids is 4. The summed E-state index contributed by atoms with van der Waals surface area (Å²) in [5, 5.41) is 45.7. The average molecular weight is 1360 g/mol. The molecule has 17 aliphatic rings. The molecule has 0 aromatic heterocycles. The maximum Gasteiger partial charge on any atom is 0.309 e. The van der Waals surface area contributed by atoms with Crippen molar-refractivity contribution in [1.29, 1.82) is 0 Å². The fourth-order valence-corrected chi connectivity index (χ4v) is 27.5. The predicted molar refractivity (Wildman–Crippen MR) is 384 cm³/mol. The number of hydrogen-bond acceptors (Lipinski definition) is 8. The largest absolute Gasteiger partial charge is 0.493 e. The van der Waals surface area contributed by atoms with Gasteiger partial charge in [0, 0.05) is 25.7 Å². The number of fused-ring (bicyclic) bond motifs is 8. The van der Waals surface area contributed by atoms with E-state index >= 15 is 0 Å². The molecule has 4 aromatic carbocycles. The highest BCUT2D eigenvalue weighted by atomic mass is 16.5. The minimum atomic E-state index is -0.778. The van der Waals surface area contributed by atoms with Gasteiger partial charge in [-0.05, 0) is 316 Å². The second kappa shape index (κ2) is 24.8. The molecule has 100 heavy (non-hydrogen) atoms. The molecule has 8 atom stereocenters. The molecule has 0 spiro atoms. The van der Waals surface area contributed by atoms with Crippen LogP contribution in [0.1, 0.15) is 300 Å². The first-order valence-electron chi connectivity index (χ1n) is 40.2. The van der Waals surface area contributed by atoms with Crippen molar-refractivity contribution in [2.24, 2.45) is 69.0 Å². The van der Waals surface area contributed by atoms with Crippen molar-refractivity contribution in [2.75, 3.05) is 26.4 Å². The van der Waals surface area contributed by atoms with Crippen LogP contribution < -0.4 is 18.9 Å². The van der Waals surface area contributed by atoms with Crippen molar-refractivity contribution >= 4 is 23.9 Å². The summed E-state index contributed by atoms with van der Waals surface area (Å²) in [6, 6.07) is 19.7. The van der Waals surface area contributed by atoms with E-state index in [1.807, 2.05) is 0 Å². The first-order chi connectivity index (χ1) is 48.1. The van der Waals surface area contributed by atoms with E-state index in [0.29, 0.717) is 125 Å². The fraction of sp³-hybridized carbons (Fsp3) is 0.682. The zero-order valence-corrected chi connectivity index (χ0v) is 60.6. The maximum absolute atomic E-state index is 13.9. The zero-order chi connectivity index (χ0) is 68.9. The van der Waals surface area contributed by atoms with Crippen LogP contribution in [-0.4, -0.2) is 70.7 Å². The van der Waals surface area contributed by atoms with Gasteiger partial charge in [-0.3, -0.25) is 19.2 Å². The Kier molecular flexibility index (Phi) is 16.7. The van der Waals surface area contributed by atoms with E-state index in [4.69, 9.17) is 18.9 Å². The van der Waals surface area contributed by atoms with Crippen LogP contribution in [0.15, 0.2) is 48.5 Å². The summed E-state index contributed by atoms with van der Waals surface area (Å²) in [6.07, 6.45) is 29.5. The van der Waals surface area contributed by atoms with Crippen LogP contribution in [0.25, 0.3) is 0 Å². The first-order valence-corrected chi connectivity index (χ1v) is 40.2. The number of carboxylic acid groups (broad SMARTS) is 4. The molecule has 16 fully saturated rings. The number of carbonyl (C=O) groups is 4. The van der Waals surface area contributed by atoms with Crippen molar-refractivity contribution < 1.29 is 58.6 Å². The van der Waals surface area contributed by atoms with Crippen LogP contribution in [0.3, 0.4) is 0 Å². The van der Waals surface area contributed by atoms with Gasteiger partial charge in [0.2, 0.25) is 0 Å². The van der Waals surface area contributed by atoms with Crippen LogP contribution in [0.5, 0.6) is 23.0 Å². The lowest BCUT2D eigenvalue weighted by atomic mass is 9.42. The summed E-state index contributed by atoms with van der Waals surface area (Å²) in [7, 11) is 0. The first kappa shape index (κ1) is 67.2. The number of unbranched alkanes of at least 4 members (excludes halogenated alkanes) is 4. The van der Waals surface area contributed by atoms with Gasteiger partial charge < -0.3 is 39.4 Å².